The number of hydrogen-bond donors (Lipinski definition) is 1. The lowest BCUT2D eigenvalue weighted by Crippen LogP contribution is -2.39. The molecule has 0 fully saturated rings. The average Bonchev–Trinajstić information content (AvgIpc) is 2.37. The summed E-state index contributed by atoms with van der Waals surface area (Å²) < 4.78 is 23.3. The molecule has 0 aliphatic rings. The van der Waals surface area contributed by atoms with Crippen LogP contribution in [0.25, 0.3) is 0 Å². The van der Waals surface area contributed by atoms with E-state index in [1.54, 1.807) is 6.07 Å². The Bertz CT molecular complexity index is 516. The Balaban J connectivity index is 2.57. The lowest BCUT2D eigenvalue weighted by atomic mass is 10.1. The Morgan fingerprint density at radius 2 is 1.95 bits per heavy atom. The summed E-state index contributed by atoms with van der Waals surface area (Å²) in [5, 5.41) is 2.64. The topological polar surface area (TPSA) is 64.6 Å². The highest BCUT2D eigenvalue weighted by molar-refractivity contribution is 5.84. The number of benzene rings is 1. The van der Waals surface area contributed by atoms with Gasteiger partial charge in [-0.3, -0.25) is 9.59 Å². The zero-order valence-electron chi connectivity index (χ0n) is 12.6. The highest BCUT2D eigenvalue weighted by Crippen LogP contribution is 2.18. The monoisotopic (exact) mass is 297 g/mol. The van der Waals surface area contributed by atoms with Crippen LogP contribution < -0.4 is 10.1 Å². The maximum absolute atomic E-state index is 13.5. The SMILES string of the molecule is COc1ccc(CC(=O)O[C@H](C)C(=O)NC(C)C)cc1F. The van der Waals surface area contributed by atoms with Crippen LogP contribution in [0.15, 0.2) is 18.2 Å². The highest BCUT2D eigenvalue weighted by atomic mass is 19.1. The molecule has 0 aliphatic heterocycles. The first-order chi connectivity index (χ1) is 9.83. The average molecular weight is 297 g/mol. The molecule has 0 saturated heterocycles. The van der Waals surface area contributed by atoms with Crippen molar-refractivity contribution in [2.24, 2.45) is 0 Å². The van der Waals surface area contributed by atoms with E-state index in [0.717, 1.165) is 0 Å². The van der Waals surface area contributed by atoms with Crippen molar-refractivity contribution in [1.82, 2.24) is 5.32 Å². The van der Waals surface area contributed by atoms with E-state index in [1.165, 1.54) is 26.2 Å². The van der Waals surface area contributed by atoms with Crippen LogP contribution in [0.5, 0.6) is 5.75 Å². The van der Waals surface area contributed by atoms with Crippen LogP contribution in [0, 0.1) is 5.82 Å². The van der Waals surface area contributed by atoms with E-state index in [4.69, 9.17) is 9.47 Å². The molecule has 1 aromatic carbocycles. The van der Waals surface area contributed by atoms with E-state index in [2.05, 4.69) is 5.32 Å². The van der Waals surface area contributed by atoms with Gasteiger partial charge in [0.1, 0.15) is 0 Å². The molecule has 1 amide bonds. The van der Waals surface area contributed by atoms with E-state index in [1.807, 2.05) is 13.8 Å². The molecule has 1 aromatic rings. The number of halogens is 1. The number of esters is 1. The quantitative estimate of drug-likeness (QED) is 0.814. The summed E-state index contributed by atoms with van der Waals surface area (Å²) in [5.41, 5.74) is 0.453. The molecule has 0 spiro atoms. The molecule has 1 atom stereocenters. The second-order valence-electron chi connectivity index (χ2n) is 4.94. The predicted molar refractivity (Wildman–Crippen MR) is 75.5 cm³/mol. The van der Waals surface area contributed by atoms with Crippen LogP contribution in [0.4, 0.5) is 4.39 Å². The fraction of sp³-hybridized carbons (Fsp3) is 0.467. The normalized spacial score (nSPS) is 11.9. The van der Waals surface area contributed by atoms with Gasteiger partial charge in [-0.2, -0.15) is 0 Å². The second-order valence-corrected chi connectivity index (χ2v) is 4.94. The zero-order chi connectivity index (χ0) is 16.0. The number of carbonyl (C=O) groups excluding carboxylic acids is 2. The number of ether oxygens (including phenoxy) is 2. The number of rotatable bonds is 6. The summed E-state index contributed by atoms with van der Waals surface area (Å²) in [6.07, 6.45) is -0.997. The van der Waals surface area contributed by atoms with Crippen LogP contribution in [0.1, 0.15) is 26.3 Å². The Labute approximate surface area is 123 Å². The molecule has 21 heavy (non-hydrogen) atoms. The van der Waals surface area contributed by atoms with Gasteiger partial charge in [-0.05, 0) is 38.5 Å². The number of carbonyl (C=O) groups is 2. The standard InChI is InChI=1S/C15H20FNO4/c1-9(2)17-15(19)10(3)21-14(18)8-11-5-6-13(20-4)12(16)7-11/h5-7,9-10H,8H2,1-4H3,(H,17,19)/t10-/m1/s1. The fourth-order valence-electron chi connectivity index (χ4n) is 1.68. The van der Waals surface area contributed by atoms with Crippen LogP contribution in [-0.2, 0) is 20.7 Å². The Hall–Kier alpha value is -2.11. The molecule has 0 saturated carbocycles. The summed E-state index contributed by atoms with van der Waals surface area (Å²) in [4.78, 5) is 23.3. The van der Waals surface area contributed by atoms with E-state index in [-0.39, 0.29) is 24.1 Å². The minimum atomic E-state index is -0.886. The van der Waals surface area contributed by atoms with E-state index < -0.39 is 17.9 Å². The smallest absolute Gasteiger partial charge is 0.311 e. The minimum absolute atomic E-state index is 0.0330. The fourth-order valence-corrected chi connectivity index (χ4v) is 1.68. The molecule has 1 N–H and O–H groups in total. The van der Waals surface area contributed by atoms with Crippen molar-refractivity contribution >= 4 is 11.9 Å². The largest absolute Gasteiger partial charge is 0.494 e. The molecule has 0 unspecified atom stereocenters. The second kappa shape index (κ2) is 7.61. The molecular weight excluding hydrogens is 277 g/mol. The summed E-state index contributed by atoms with van der Waals surface area (Å²) in [6.45, 7) is 5.11. The number of hydrogen-bond acceptors (Lipinski definition) is 4. The van der Waals surface area contributed by atoms with Crippen molar-refractivity contribution in [2.45, 2.75) is 39.3 Å². The van der Waals surface area contributed by atoms with Crippen LogP contribution in [-0.4, -0.2) is 31.1 Å². The Morgan fingerprint density at radius 1 is 1.29 bits per heavy atom. The van der Waals surface area contributed by atoms with Gasteiger partial charge >= 0.3 is 5.97 Å². The maximum Gasteiger partial charge on any atom is 0.311 e. The van der Waals surface area contributed by atoms with Crippen molar-refractivity contribution < 1.29 is 23.5 Å². The van der Waals surface area contributed by atoms with Gasteiger partial charge in [0.25, 0.3) is 5.91 Å². The van der Waals surface area contributed by atoms with Gasteiger partial charge < -0.3 is 14.8 Å². The molecule has 0 heterocycles. The molecule has 0 aromatic heterocycles. The third kappa shape index (κ3) is 5.41. The first-order valence-electron chi connectivity index (χ1n) is 6.65. The van der Waals surface area contributed by atoms with Gasteiger partial charge in [-0.15, -0.1) is 0 Å². The van der Waals surface area contributed by atoms with E-state index >= 15 is 0 Å². The van der Waals surface area contributed by atoms with Gasteiger partial charge in [0.15, 0.2) is 17.7 Å². The molecule has 0 radical (unpaired) electrons. The summed E-state index contributed by atoms with van der Waals surface area (Å²) >= 11 is 0. The molecule has 116 valence electrons. The Morgan fingerprint density at radius 3 is 2.48 bits per heavy atom. The van der Waals surface area contributed by atoms with Crippen LogP contribution in [0.2, 0.25) is 0 Å². The van der Waals surface area contributed by atoms with E-state index in [0.29, 0.717) is 5.56 Å². The van der Waals surface area contributed by atoms with Crippen LogP contribution >= 0.6 is 0 Å². The molecule has 0 aliphatic carbocycles. The summed E-state index contributed by atoms with van der Waals surface area (Å²) in [6, 6.07) is 4.18. The van der Waals surface area contributed by atoms with Crippen molar-refractivity contribution in [3.05, 3.63) is 29.6 Å². The van der Waals surface area contributed by atoms with Crippen molar-refractivity contribution in [2.75, 3.05) is 7.11 Å². The lowest BCUT2D eigenvalue weighted by molar-refractivity contribution is -0.154. The van der Waals surface area contributed by atoms with Gasteiger partial charge in [-0.1, -0.05) is 6.07 Å². The first-order valence-corrected chi connectivity index (χ1v) is 6.65. The van der Waals surface area contributed by atoms with Crippen molar-refractivity contribution in [3.63, 3.8) is 0 Å². The van der Waals surface area contributed by atoms with E-state index in [9.17, 15) is 14.0 Å². The Kier molecular flexibility index (Phi) is 6.14. The summed E-state index contributed by atoms with van der Waals surface area (Å²) in [5.74, 6) is -1.39. The minimum Gasteiger partial charge on any atom is -0.494 e. The van der Waals surface area contributed by atoms with Gasteiger partial charge in [-0.25, -0.2) is 4.39 Å². The zero-order valence-corrected chi connectivity index (χ0v) is 12.6. The number of amides is 1. The summed E-state index contributed by atoms with van der Waals surface area (Å²) in [7, 11) is 1.36. The number of methoxy groups -OCH3 is 1. The predicted octanol–water partition coefficient (Wildman–Crippen LogP) is 1.83. The molecule has 6 heteroatoms. The molecule has 0 bridgehead atoms. The maximum atomic E-state index is 13.5. The highest BCUT2D eigenvalue weighted by Gasteiger charge is 2.18. The third-order valence-corrected chi connectivity index (χ3v) is 2.67. The van der Waals surface area contributed by atoms with Gasteiger partial charge in [0.05, 0.1) is 13.5 Å². The number of nitrogens with one attached hydrogen (secondary N) is 1. The van der Waals surface area contributed by atoms with Gasteiger partial charge in [0, 0.05) is 6.04 Å². The van der Waals surface area contributed by atoms with Crippen molar-refractivity contribution in [1.29, 1.82) is 0 Å². The molecular formula is C15H20FNO4. The first kappa shape index (κ1) is 16.9. The molecule has 1 rings (SSSR count). The molecule has 5 nitrogen and oxygen atoms in total. The lowest BCUT2D eigenvalue weighted by Gasteiger charge is -2.15. The van der Waals surface area contributed by atoms with Crippen molar-refractivity contribution in [3.8, 4) is 5.75 Å². The van der Waals surface area contributed by atoms with Gasteiger partial charge in [0.2, 0.25) is 0 Å². The third-order valence-electron chi connectivity index (χ3n) is 2.67. The van der Waals surface area contributed by atoms with Crippen LogP contribution in [0.3, 0.4) is 0 Å².